The van der Waals surface area contributed by atoms with Gasteiger partial charge in [-0.15, -0.1) is 12.6 Å². The molecule has 3 heteroatoms. The van der Waals surface area contributed by atoms with Gasteiger partial charge in [-0.25, -0.2) is 0 Å². The summed E-state index contributed by atoms with van der Waals surface area (Å²) in [5, 5.41) is -0.0997. The molecular formula is C9H9BrOS. The number of rotatable bonds is 2. The molecule has 0 bridgehead atoms. The Morgan fingerprint density at radius 2 is 1.92 bits per heavy atom. The molecule has 0 amide bonds. The highest BCUT2D eigenvalue weighted by Crippen LogP contribution is 2.19. The van der Waals surface area contributed by atoms with E-state index in [2.05, 4.69) is 28.6 Å². The molecule has 0 N–H and O–H groups in total. The highest BCUT2D eigenvalue weighted by Gasteiger charge is 2.10. The standard InChI is InChI=1S/C9H9BrOS/c1-6(9(11)12)7-2-4-8(10)5-3-7/h2-6H,1H3,(H,11,12). The first kappa shape index (κ1) is 9.81. The zero-order chi connectivity index (χ0) is 9.14. The first-order valence-corrected chi connectivity index (χ1v) is 4.83. The first-order valence-electron chi connectivity index (χ1n) is 3.59. The third-order valence-corrected chi connectivity index (χ3v) is 2.66. The molecule has 0 spiro atoms. The van der Waals surface area contributed by atoms with Crippen LogP contribution < -0.4 is 0 Å². The lowest BCUT2D eigenvalue weighted by molar-refractivity contribution is -0.111. The number of benzene rings is 1. The Kier molecular flexibility index (Phi) is 3.35. The van der Waals surface area contributed by atoms with Crippen LogP contribution in [0, 0.1) is 0 Å². The summed E-state index contributed by atoms with van der Waals surface area (Å²) in [5.74, 6) is -0.124. The van der Waals surface area contributed by atoms with Gasteiger partial charge < -0.3 is 0 Å². The van der Waals surface area contributed by atoms with Crippen molar-refractivity contribution < 1.29 is 4.79 Å². The molecule has 1 nitrogen and oxygen atoms in total. The Morgan fingerprint density at radius 1 is 1.42 bits per heavy atom. The maximum Gasteiger partial charge on any atom is 0.193 e. The summed E-state index contributed by atoms with van der Waals surface area (Å²) < 4.78 is 1.02. The predicted molar refractivity (Wildman–Crippen MR) is 56.6 cm³/mol. The minimum atomic E-state index is -0.124. The summed E-state index contributed by atoms with van der Waals surface area (Å²) in [5.41, 5.74) is 0.998. The van der Waals surface area contributed by atoms with Crippen molar-refractivity contribution in [3.63, 3.8) is 0 Å². The van der Waals surface area contributed by atoms with Gasteiger partial charge in [-0.2, -0.15) is 0 Å². The fourth-order valence-electron chi connectivity index (χ4n) is 0.894. The van der Waals surface area contributed by atoms with Crippen molar-refractivity contribution in [1.29, 1.82) is 0 Å². The number of hydrogen-bond acceptors (Lipinski definition) is 1. The summed E-state index contributed by atoms with van der Waals surface area (Å²) in [4.78, 5) is 10.9. The molecule has 1 aromatic carbocycles. The van der Waals surface area contributed by atoms with Crippen molar-refractivity contribution in [1.82, 2.24) is 0 Å². The third-order valence-electron chi connectivity index (χ3n) is 1.74. The maximum atomic E-state index is 10.9. The maximum absolute atomic E-state index is 10.9. The number of hydrogen-bond donors (Lipinski definition) is 1. The van der Waals surface area contributed by atoms with Gasteiger partial charge in [0.1, 0.15) is 0 Å². The molecule has 0 fully saturated rings. The van der Waals surface area contributed by atoms with Gasteiger partial charge in [0.2, 0.25) is 0 Å². The predicted octanol–water partition coefficient (Wildman–Crippen LogP) is 3.01. The molecule has 0 heterocycles. The summed E-state index contributed by atoms with van der Waals surface area (Å²) in [6, 6.07) is 7.68. The van der Waals surface area contributed by atoms with Crippen molar-refractivity contribution in [3.8, 4) is 0 Å². The molecule has 1 atom stereocenters. The summed E-state index contributed by atoms with van der Waals surface area (Å²) >= 11 is 7.11. The molecule has 0 saturated carbocycles. The highest BCUT2D eigenvalue weighted by molar-refractivity contribution is 9.10. The van der Waals surface area contributed by atoms with Crippen LogP contribution in [-0.2, 0) is 4.79 Å². The molecule has 0 saturated heterocycles. The summed E-state index contributed by atoms with van der Waals surface area (Å²) in [6.07, 6.45) is 0. The van der Waals surface area contributed by atoms with Crippen molar-refractivity contribution in [2.75, 3.05) is 0 Å². The fourth-order valence-corrected chi connectivity index (χ4v) is 1.31. The largest absolute Gasteiger partial charge is 0.287 e. The van der Waals surface area contributed by atoms with Crippen LogP contribution in [0.3, 0.4) is 0 Å². The van der Waals surface area contributed by atoms with E-state index in [0.29, 0.717) is 0 Å². The summed E-state index contributed by atoms with van der Waals surface area (Å²) in [6.45, 7) is 1.85. The molecule has 1 rings (SSSR count). The summed E-state index contributed by atoms with van der Waals surface area (Å²) in [7, 11) is 0. The van der Waals surface area contributed by atoms with Gasteiger partial charge in [0, 0.05) is 4.47 Å². The zero-order valence-corrected chi connectivity index (χ0v) is 9.10. The normalized spacial score (nSPS) is 12.6. The molecule has 0 radical (unpaired) electrons. The van der Waals surface area contributed by atoms with E-state index < -0.39 is 0 Å². The smallest absolute Gasteiger partial charge is 0.193 e. The monoisotopic (exact) mass is 244 g/mol. The number of halogens is 1. The number of carbonyl (C=O) groups excluding carboxylic acids is 1. The molecule has 0 aliphatic rings. The second kappa shape index (κ2) is 4.10. The molecule has 0 aliphatic heterocycles. The minimum absolute atomic E-state index is 0.0997. The van der Waals surface area contributed by atoms with Crippen molar-refractivity contribution >= 4 is 33.7 Å². The van der Waals surface area contributed by atoms with E-state index >= 15 is 0 Å². The highest BCUT2D eigenvalue weighted by atomic mass is 79.9. The topological polar surface area (TPSA) is 17.1 Å². The van der Waals surface area contributed by atoms with Crippen molar-refractivity contribution in [2.45, 2.75) is 12.8 Å². The Bertz CT molecular complexity index is 281. The Labute approximate surface area is 85.7 Å². The van der Waals surface area contributed by atoms with E-state index in [1.807, 2.05) is 31.2 Å². The van der Waals surface area contributed by atoms with Crippen LogP contribution in [0.5, 0.6) is 0 Å². The minimum Gasteiger partial charge on any atom is -0.287 e. The lowest BCUT2D eigenvalue weighted by Crippen LogP contribution is -2.01. The molecule has 0 aliphatic carbocycles. The van der Waals surface area contributed by atoms with Crippen LogP contribution in [0.15, 0.2) is 28.7 Å². The first-order chi connectivity index (χ1) is 5.61. The molecule has 1 aromatic rings. The van der Waals surface area contributed by atoms with Gasteiger partial charge in [0.15, 0.2) is 5.12 Å². The lowest BCUT2D eigenvalue weighted by Gasteiger charge is -2.06. The van der Waals surface area contributed by atoms with Gasteiger partial charge >= 0.3 is 0 Å². The second-order valence-electron chi connectivity index (χ2n) is 2.61. The Morgan fingerprint density at radius 3 is 2.33 bits per heavy atom. The van der Waals surface area contributed by atoms with E-state index in [0.717, 1.165) is 10.0 Å². The van der Waals surface area contributed by atoms with E-state index in [9.17, 15) is 4.79 Å². The lowest BCUT2D eigenvalue weighted by atomic mass is 10.0. The average Bonchev–Trinajstić information content (AvgIpc) is 2.04. The van der Waals surface area contributed by atoms with E-state index in [-0.39, 0.29) is 11.0 Å². The number of carbonyl (C=O) groups is 1. The van der Waals surface area contributed by atoms with Crippen LogP contribution in [0.2, 0.25) is 0 Å². The molecule has 0 aromatic heterocycles. The van der Waals surface area contributed by atoms with Gasteiger partial charge in [-0.1, -0.05) is 35.0 Å². The molecule has 64 valence electrons. The van der Waals surface area contributed by atoms with E-state index in [1.54, 1.807) is 0 Å². The van der Waals surface area contributed by atoms with Gasteiger partial charge in [-0.05, 0) is 17.7 Å². The van der Waals surface area contributed by atoms with Crippen LogP contribution >= 0.6 is 28.6 Å². The van der Waals surface area contributed by atoms with Gasteiger partial charge in [0.05, 0.1) is 5.92 Å². The van der Waals surface area contributed by atoms with Gasteiger partial charge in [-0.3, -0.25) is 4.79 Å². The van der Waals surface area contributed by atoms with E-state index in [1.165, 1.54) is 0 Å². The molecule has 1 unspecified atom stereocenters. The van der Waals surface area contributed by atoms with Crippen LogP contribution in [0.4, 0.5) is 0 Å². The average molecular weight is 245 g/mol. The van der Waals surface area contributed by atoms with Gasteiger partial charge in [0.25, 0.3) is 0 Å². The fraction of sp³-hybridized carbons (Fsp3) is 0.222. The number of thiol groups is 1. The zero-order valence-electron chi connectivity index (χ0n) is 6.62. The van der Waals surface area contributed by atoms with Crippen LogP contribution in [0.25, 0.3) is 0 Å². The Balaban J connectivity index is 2.89. The SMILES string of the molecule is CC(C(=O)S)c1ccc(Br)cc1. The van der Waals surface area contributed by atoms with Crippen molar-refractivity contribution in [3.05, 3.63) is 34.3 Å². The van der Waals surface area contributed by atoms with Crippen LogP contribution in [0.1, 0.15) is 18.4 Å². The second-order valence-corrected chi connectivity index (χ2v) is 3.97. The Hall–Kier alpha value is -0.280. The molecular weight excluding hydrogens is 236 g/mol. The quantitative estimate of drug-likeness (QED) is 0.792. The van der Waals surface area contributed by atoms with E-state index in [4.69, 9.17) is 0 Å². The molecule has 12 heavy (non-hydrogen) atoms. The third kappa shape index (κ3) is 2.35. The van der Waals surface area contributed by atoms with Crippen LogP contribution in [-0.4, -0.2) is 5.12 Å². The van der Waals surface area contributed by atoms with Crippen molar-refractivity contribution in [2.24, 2.45) is 0 Å².